The molecule has 2 nitrogen and oxygen atoms in total. The van der Waals surface area contributed by atoms with Gasteiger partial charge in [0.1, 0.15) is 11.5 Å². The molecule has 1 heterocycles. The first-order valence-corrected chi connectivity index (χ1v) is 9.38. The molecule has 0 aromatic heterocycles. The zero-order valence-electron chi connectivity index (χ0n) is 15.9. The Bertz CT molecular complexity index is 1320. The van der Waals surface area contributed by atoms with Crippen molar-refractivity contribution >= 4 is 17.1 Å². The summed E-state index contributed by atoms with van der Waals surface area (Å²) in [6, 6.07) is 18.2. The first-order valence-electron chi connectivity index (χ1n) is 9.38. The lowest BCUT2D eigenvalue weighted by atomic mass is 9.89. The second-order valence-corrected chi connectivity index (χ2v) is 7.34. The Balaban J connectivity index is 1.69. The van der Waals surface area contributed by atoms with Gasteiger partial charge in [-0.3, -0.25) is 4.79 Å². The van der Waals surface area contributed by atoms with Crippen molar-refractivity contribution in [1.82, 2.24) is 0 Å². The Hall–Kier alpha value is -3.60. The van der Waals surface area contributed by atoms with Gasteiger partial charge in [0, 0.05) is 16.5 Å². The van der Waals surface area contributed by atoms with Gasteiger partial charge >= 0.3 is 6.18 Å². The summed E-state index contributed by atoms with van der Waals surface area (Å²) in [4.78, 5) is 11.6. The fraction of sp³-hybridized carbons (Fsp3) is 0.0800. The normalized spacial score (nSPS) is 12.4. The molecule has 0 spiro atoms. The highest BCUT2D eigenvalue weighted by atomic mass is 19.4. The van der Waals surface area contributed by atoms with Crippen molar-refractivity contribution in [2.75, 3.05) is 0 Å². The van der Waals surface area contributed by atoms with Gasteiger partial charge in [-0.15, -0.1) is 0 Å². The van der Waals surface area contributed by atoms with Crippen LogP contribution in [-0.4, -0.2) is 6.29 Å². The van der Waals surface area contributed by atoms with Gasteiger partial charge in [0.05, 0.1) is 5.56 Å². The molecule has 5 heteroatoms. The molecule has 0 saturated heterocycles. The standard InChI is InChI=1S/C25H15F3O2/c1-14-2-10-22-24-19(9-5-17(13-29)23(14)24)20-12-16(6-11-21(20)30-22)15-3-7-18(8-4-15)25(26,27)28/h2-13H,1H3. The summed E-state index contributed by atoms with van der Waals surface area (Å²) in [5, 5.41) is 1.72. The van der Waals surface area contributed by atoms with Crippen molar-refractivity contribution < 1.29 is 22.7 Å². The zero-order chi connectivity index (χ0) is 21.0. The van der Waals surface area contributed by atoms with Crippen LogP contribution in [0.25, 0.3) is 33.0 Å². The summed E-state index contributed by atoms with van der Waals surface area (Å²) in [5.74, 6) is 1.35. The van der Waals surface area contributed by atoms with E-state index in [0.717, 1.165) is 51.4 Å². The number of carbonyl (C=O) groups excluding carboxylic acids is 1. The molecule has 4 aromatic rings. The molecule has 0 aliphatic carbocycles. The Labute approximate surface area is 170 Å². The summed E-state index contributed by atoms with van der Waals surface area (Å²) in [5.41, 5.74) is 4.14. The van der Waals surface area contributed by atoms with Gasteiger partial charge in [0.15, 0.2) is 6.29 Å². The Morgan fingerprint density at radius 2 is 1.47 bits per heavy atom. The topological polar surface area (TPSA) is 26.3 Å². The summed E-state index contributed by atoms with van der Waals surface area (Å²) in [7, 11) is 0. The van der Waals surface area contributed by atoms with E-state index in [1.165, 1.54) is 12.1 Å². The highest BCUT2D eigenvalue weighted by Crippen LogP contribution is 2.48. The molecular weight excluding hydrogens is 389 g/mol. The van der Waals surface area contributed by atoms with Gasteiger partial charge in [0.25, 0.3) is 0 Å². The maximum absolute atomic E-state index is 12.9. The van der Waals surface area contributed by atoms with Crippen molar-refractivity contribution in [3.63, 3.8) is 0 Å². The van der Waals surface area contributed by atoms with Crippen LogP contribution in [0.2, 0.25) is 0 Å². The van der Waals surface area contributed by atoms with Gasteiger partial charge in [0.2, 0.25) is 0 Å². The Kier molecular flexibility index (Phi) is 3.97. The third-order valence-electron chi connectivity index (χ3n) is 5.53. The van der Waals surface area contributed by atoms with E-state index in [-0.39, 0.29) is 0 Å². The highest BCUT2D eigenvalue weighted by Gasteiger charge is 2.30. The number of fused-ring (bicyclic) bond motifs is 2. The maximum Gasteiger partial charge on any atom is 0.416 e. The number of hydrogen-bond acceptors (Lipinski definition) is 2. The van der Waals surface area contributed by atoms with Gasteiger partial charge in [-0.05, 0) is 64.9 Å². The molecule has 1 aliphatic heterocycles. The molecule has 30 heavy (non-hydrogen) atoms. The van der Waals surface area contributed by atoms with Crippen molar-refractivity contribution in [1.29, 1.82) is 0 Å². The van der Waals surface area contributed by atoms with Gasteiger partial charge in [-0.1, -0.05) is 36.4 Å². The number of aldehydes is 1. The fourth-order valence-corrected chi connectivity index (χ4v) is 4.05. The SMILES string of the molecule is Cc1ccc2c3c(ccc(C=O)c13)-c1cc(-c3ccc(C(F)(F)F)cc3)ccc1O2. The van der Waals surface area contributed by atoms with Crippen LogP contribution in [-0.2, 0) is 6.18 Å². The lowest BCUT2D eigenvalue weighted by Crippen LogP contribution is -2.04. The number of rotatable bonds is 2. The largest absolute Gasteiger partial charge is 0.456 e. The highest BCUT2D eigenvalue weighted by molar-refractivity contribution is 6.11. The van der Waals surface area contributed by atoms with E-state index in [9.17, 15) is 18.0 Å². The van der Waals surface area contributed by atoms with E-state index in [1.807, 2.05) is 43.3 Å². The fourth-order valence-electron chi connectivity index (χ4n) is 4.05. The average molecular weight is 404 g/mol. The summed E-state index contributed by atoms with van der Waals surface area (Å²) in [6.45, 7) is 1.95. The Morgan fingerprint density at radius 3 is 2.17 bits per heavy atom. The maximum atomic E-state index is 12.9. The van der Waals surface area contributed by atoms with Crippen LogP contribution in [0.3, 0.4) is 0 Å². The van der Waals surface area contributed by atoms with Gasteiger partial charge < -0.3 is 4.74 Å². The molecule has 0 bridgehead atoms. The molecule has 148 valence electrons. The second-order valence-electron chi connectivity index (χ2n) is 7.34. The molecule has 5 rings (SSSR count). The lowest BCUT2D eigenvalue weighted by molar-refractivity contribution is -0.137. The predicted octanol–water partition coefficient (Wildman–Crippen LogP) is 7.42. The lowest BCUT2D eigenvalue weighted by Gasteiger charge is -2.23. The number of halogens is 3. The van der Waals surface area contributed by atoms with Crippen LogP contribution in [0.15, 0.2) is 66.7 Å². The van der Waals surface area contributed by atoms with E-state index in [4.69, 9.17) is 4.74 Å². The molecule has 0 saturated carbocycles. The van der Waals surface area contributed by atoms with E-state index in [2.05, 4.69) is 0 Å². The van der Waals surface area contributed by atoms with E-state index in [0.29, 0.717) is 22.6 Å². The van der Waals surface area contributed by atoms with Crippen LogP contribution in [0, 0.1) is 6.92 Å². The van der Waals surface area contributed by atoms with Gasteiger partial charge in [-0.2, -0.15) is 13.2 Å². The quantitative estimate of drug-likeness (QED) is 0.286. The van der Waals surface area contributed by atoms with Crippen LogP contribution in [0.1, 0.15) is 21.5 Å². The molecule has 0 radical (unpaired) electrons. The molecule has 0 N–H and O–H groups in total. The molecule has 0 unspecified atom stereocenters. The van der Waals surface area contributed by atoms with E-state index < -0.39 is 11.7 Å². The minimum Gasteiger partial charge on any atom is -0.456 e. The number of ether oxygens (including phenoxy) is 1. The summed E-state index contributed by atoms with van der Waals surface area (Å²) >= 11 is 0. The predicted molar refractivity (Wildman–Crippen MR) is 110 cm³/mol. The monoisotopic (exact) mass is 404 g/mol. The molecule has 4 aromatic carbocycles. The molecule has 0 atom stereocenters. The van der Waals surface area contributed by atoms with Crippen LogP contribution in [0.4, 0.5) is 13.2 Å². The number of alkyl halides is 3. The third kappa shape index (κ3) is 2.77. The number of hydrogen-bond donors (Lipinski definition) is 0. The first-order chi connectivity index (χ1) is 14.4. The van der Waals surface area contributed by atoms with Crippen molar-refractivity contribution in [3.05, 3.63) is 83.4 Å². The van der Waals surface area contributed by atoms with Gasteiger partial charge in [-0.25, -0.2) is 0 Å². The molecule has 0 fully saturated rings. The van der Waals surface area contributed by atoms with E-state index in [1.54, 1.807) is 6.07 Å². The van der Waals surface area contributed by atoms with Crippen molar-refractivity contribution in [3.8, 4) is 33.8 Å². The smallest absolute Gasteiger partial charge is 0.416 e. The summed E-state index contributed by atoms with van der Waals surface area (Å²) < 4.78 is 44.7. The van der Waals surface area contributed by atoms with Crippen molar-refractivity contribution in [2.45, 2.75) is 13.1 Å². The van der Waals surface area contributed by atoms with Crippen LogP contribution >= 0.6 is 0 Å². The second kappa shape index (κ2) is 6.46. The van der Waals surface area contributed by atoms with Crippen molar-refractivity contribution in [2.24, 2.45) is 0 Å². The minimum atomic E-state index is -4.37. The third-order valence-corrected chi connectivity index (χ3v) is 5.53. The van der Waals surface area contributed by atoms with Crippen LogP contribution < -0.4 is 4.74 Å². The van der Waals surface area contributed by atoms with Crippen LogP contribution in [0.5, 0.6) is 11.5 Å². The molecule has 0 amide bonds. The zero-order valence-corrected chi connectivity index (χ0v) is 15.9. The molecule has 1 aliphatic rings. The van der Waals surface area contributed by atoms with E-state index >= 15 is 0 Å². The number of carbonyl (C=O) groups is 1. The minimum absolute atomic E-state index is 0.596. The average Bonchev–Trinajstić information content (AvgIpc) is 2.75. The number of benzene rings is 4. The first kappa shape index (κ1) is 18.4. The number of aryl methyl sites for hydroxylation is 1. The summed E-state index contributed by atoms with van der Waals surface area (Å²) in [6.07, 6.45) is -3.53. The Morgan fingerprint density at radius 1 is 0.767 bits per heavy atom. The molecular formula is C25H15F3O2.